The van der Waals surface area contributed by atoms with Crippen molar-refractivity contribution >= 4 is 5.97 Å². The summed E-state index contributed by atoms with van der Waals surface area (Å²) in [6, 6.07) is 0. The van der Waals surface area contributed by atoms with Crippen molar-refractivity contribution in [2.45, 2.75) is 13.2 Å². The van der Waals surface area contributed by atoms with Crippen molar-refractivity contribution in [1.29, 1.82) is 0 Å². The Morgan fingerprint density at radius 3 is 2.42 bits per heavy atom. The monoisotopic (exact) mass is 272 g/mol. The summed E-state index contributed by atoms with van der Waals surface area (Å²) in [5.74, 6) is -0.496. The van der Waals surface area contributed by atoms with Crippen molar-refractivity contribution in [3.63, 3.8) is 0 Å². The molecule has 1 fully saturated rings. The molecule has 1 rings (SSSR count). The first-order chi connectivity index (χ1) is 9.11. The first-order valence-electron chi connectivity index (χ1n) is 6.55. The van der Waals surface area contributed by atoms with Crippen molar-refractivity contribution in [2.24, 2.45) is 0 Å². The minimum Gasteiger partial charge on any atom is -0.439 e. The van der Waals surface area contributed by atoms with Gasteiger partial charge in [0.15, 0.2) is 6.23 Å². The molecule has 1 unspecified atom stereocenters. The SMILES string of the molecule is C=C(C)C(=O)OC1CNCCNCCNCCN1O. The van der Waals surface area contributed by atoms with Gasteiger partial charge < -0.3 is 25.9 Å². The summed E-state index contributed by atoms with van der Waals surface area (Å²) in [7, 11) is 0. The molecule has 0 aliphatic carbocycles. The molecular formula is C12H24N4O3. The van der Waals surface area contributed by atoms with Crippen molar-refractivity contribution < 1.29 is 14.7 Å². The van der Waals surface area contributed by atoms with Gasteiger partial charge in [0.25, 0.3) is 0 Å². The van der Waals surface area contributed by atoms with E-state index in [0.717, 1.165) is 31.2 Å². The van der Waals surface area contributed by atoms with E-state index in [9.17, 15) is 10.0 Å². The van der Waals surface area contributed by atoms with Gasteiger partial charge in [-0.25, -0.2) is 4.79 Å². The lowest BCUT2D eigenvalue weighted by Crippen LogP contribution is -2.48. The number of carbonyl (C=O) groups is 1. The number of nitrogens with zero attached hydrogens (tertiary/aromatic N) is 1. The highest BCUT2D eigenvalue weighted by molar-refractivity contribution is 5.87. The lowest BCUT2D eigenvalue weighted by atomic mass is 10.3. The van der Waals surface area contributed by atoms with Gasteiger partial charge in [-0.3, -0.25) is 0 Å². The third-order valence-corrected chi connectivity index (χ3v) is 2.72. The molecule has 19 heavy (non-hydrogen) atoms. The fraction of sp³-hybridized carbons (Fsp3) is 0.750. The fourth-order valence-electron chi connectivity index (χ4n) is 1.60. The van der Waals surface area contributed by atoms with E-state index in [1.807, 2.05) is 0 Å². The number of hydroxylamine groups is 2. The number of hydrogen-bond acceptors (Lipinski definition) is 7. The van der Waals surface area contributed by atoms with Crippen LogP contribution in [0.3, 0.4) is 0 Å². The molecular weight excluding hydrogens is 248 g/mol. The van der Waals surface area contributed by atoms with E-state index in [-0.39, 0.29) is 0 Å². The van der Waals surface area contributed by atoms with Crippen LogP contribution in [0, 0.1) is 0 Å². The van der Waals surface area contributed by atoms with Gasteiger partial charge in [0.2, 0.25) is 0 Å². The topological polar surface area (TPSA) is 85.9 Å². The number of rotatable bonds is 2. The molecule has 1 aliphatic heterocycles. The zero-order chi connectivity index (χ0) is 14.1. The summed E-state index contributed by atoms with van der Waals surface area (Å²) in [4.78, 5) is 11.5. The molecule has 7 heteroatoms. The second-order valence-electron chi connectivity index (χ2n) is 4.51. The van der Waals surface area contributed by atoms with Gasteiger partial charge in [-0.2, -0.15) is 5.06 Å². The largest absolute Gasteiger partial charge is 0.439 e. The zero-order valence-corrected chi connectivity index (χ0v) is 11.4. The number of nitrogens with one attached hydrogen (secondary N) is 3. The smallest absolute Gasteiger partial charge is 0.334 e. The van der Waals surface area contributed by atoms with Crippen molar-refractivity contribution in [2.75, 3.05) is 45.8 Å². The molecule has 7 nitrogen and oxygen atoms in total. The van der Waals surface area contributed by atoms with Crippen molar-refractivity contribution in [3.8, 4) is 0 Å². The number of ether oxygens (including phenoxy) is 1. The molecule has 0 amide bonds. The molecule has 4 N–H and O–H groups in total. The first-order valence-corrected chi connectivity index (χ1v) is 6.55. The number of hydrogen-bond donors (Lipinski definition) is 4. The summed E-state index contributed by atoms with van der Waals surface area (Å²) in [5.41, 5.74) is 0.319. The highest BCUT2D eigenvalue weighted by Gasteiger charge is 2.21. The van der Waals surface area contributed by atoms with E-state index in [4.69, 9.17) is 4.74 Å². The highest BCUT2D eigenvalue weighted by Crippen LogP contribution is 2.02. The Labute approximate surface area is 113 Å². The third-order valence-electron chi connectivity index (χ3n) is 2.72. The van der Waals surface area contributed by atoms with Crippen LogP contribution in [0.25, 0.3) is 0 Å². The summed E-state index contributed by atoms with van der Waals surface area (Å²) in [6.07, 6.45) is -0.703. The highest BCUT2D eigenvalue weighted by atomic mass is 16.6. The van der Waals surface area contributed by atoms with Gasteiger partial charge in [0.1, 0.15) is 0 Å². The quantitative estimate of drug-likeness (QED) is 0.375. The lowest BCUT2D eigenvalue weighted by molar-refractivity contribution is -0.212. The predicted molar refractivity (Wildman–Crippen MR) is 71.8 cm³/mol. The molecule has 0 spiro atoms. The molecule has 0 aromatic rings. The van der Waals surface area contributed by atoms with Crippen molar-refractivity contribution in [3.05, 3.63) is 12.2 Å². The van der Waals surface area contributed by atoms with E-state index in [1.165, 1.54) is 0 Å². The van der Waals surface area contributed by atoms with Crippen molar-refractivity contribution in [1.82, 2.24) is 21.0 Å². The molecule has 0 aromatic heterocycles. The van der Waals surface area contributed by atoms with E-state index in [0.29, 0.717) is 25.2 Å². The maximum absolute atomic E-state index is 11.5. The van der Waals surface area contributed by atoms with Crippen LogP contribution in [-0.2, 0) is 9.53 Å². The van der Waals surface area contributed by atoms with E-state index < -0.39 is 12.2 Å². The lowest BCUT2D eigenvalue weighted by Gasteiger charge is -2.27. The van der Waals surface area contributed by atoms with Gasteiger partial charge in [-0.05, 0) is 6.92 Å². The van der Waals surface area contributed by atoms with Gasteiger partial charge >= 0.3 is 5.97 Å². The van der Waals surface area contributed by atoms with Gasteiger partial charge in [-0.1, -0.05) is 6.58 Å². The molecule has 110 valence electrons. The molecule has 1 atom stereocenters. The van der Waals surface area contributed by atoms with Crippen LogP contribution < -0.4 is 16.0 Å². The third kappa shape index (κ3) is 6.65. The summed E-state index contributed by atoms with van der Waals surface area (Å²) < 4.78 is 5.20. The first kappa shape index (κ1) is 16.1. The number of esters is 1. The maximum Gasteiger partial charge on any atom is 0.334 e. The summed E-state index contributed by atoms with van der Waals surface area (Å²) >= 11 is 0. The summed E-state index contributed by atoms with van der Waals surface area (Å²) in [5, 5.41) is 20.5. The molecule has 1 saturated heterocycles. The Kier molecular flexibility index (Phi) is 7.61. The average molecular weight is 272 g/mol. The Bertz CT molecular complexity index is 299. The second kappa shape index (κ2) is 9.00. The van der Waals surface area contributed by atoms with Crippen LogP contribution >= 0.6 is 0 Å². The standard InChI is InChI=1S/C12H24N4O3/c1-10(2)12(17)19-11-9-15-6-5-13-3-4-14-7-8-16(11)18/h11,13-15,18H,1,3-9H2,2H3. The Balaban J connectivity index is 2.50. The average Bonchev–Trinajstić information content (AvgIpc) is 2.37. The maximum atomic E-state index is 11.5. The fourth-order valence-corrected chi connectivity index (χ4v) is 1.60. The summed E-state index contributed by atoms with van der Waals surface area (Å²) in [6.45, 7) is 9.79. The van der Waals surface area contributed by atoms with Gasteiger partial charge in [0.05, 0.1) is 0 Å². The Hall–Kier alpha value is -0.990. The van der Waals surface area contributed by atoms with Crippen LogP contribution in [0.1, 0.15) is 6.92 Å². The molecule has 0 radical (unpaired) electrons. The van der Waals surface area contributed by atoms with Crippen LogP contribution in [0.2, 0.25) is 0 Å². The normalized spacial score (nSPS) is 24.0. The van der Waals surface area contributed by atoms with Gasteiger partial charge in [0, 0.05) is 51.4 Å². The predicted octanol–water partition coefficient (Wildman–Crippen LogP) is -1.09. The Morgan fingerprint density at radius 1 is 1.21 bits per heavy atom. The Morgan fingerprint density at radius 2 is 1.79 bits per heavy atom. The van der Waals surface area contributed by atoms with E-state index >= 15 is 0 Å². The van der Waals surface area contributed by atoms with Crippen LogP contribution in [-0.4, -0.2) is 68.3 Å². The van der Waals surface area contributed by atoms with Crippen LogP contribution in [0.5, 0.6) is 0 Å². The second-order valence-corrected chi connectivity index (χ2v) is 4.51. The van der Waals surface area contributed by atoms with Gasteiger partial charge in [-0.15, -0.1) is 0 Å². The van der Waals surface area contributed by atoms with E-state index in [2.05, 4.69) is 22.5 Å². The molecule has 0 saturated carbocycles. The minimum absolute atomic E-state index is 0.319. The molecule has 1 aliphatic rings. The van der Waals surface area contributed by atoms with Crippen LogP contribution in [0.4, 0.5) is 0 Å². The minimum atomic E-state index is -0.703. The molecule has 0 aromatic carbocycles. The molecule has 1 heterocycles. The molecule has 0 bridgehead atoms. The van der Waals surface area contributed by atoms with E-state index in [1.54, 1.807) is 6.92 Å². The zero-order valence-electron chi connectivity index (χ0n) is 11.4. The number of carbonyl (C=O) groups excluding carboxylic acids is 1. The van der Waals surface area contributed by atoms with Crippen LogP contribution in [0.15, 0.2) is 12.2 Å².